The van der Waals surface area contributed by atoms with Gasteiger partial charge >= 0.3 is 0 Å². The summed E-state index contributed by atoms with van der Waals surface area (Å²) in [7, 11) is 0. The van der Waals surface area contributed by atoms with Crippen molar-refractivity contribution < 1.29 is 0 Å². The van der Waals surface area contributed by atoms with Crippen molar-refractivity contribution in [2.45, 2.75) is 12.8 Å². The summed E-state index contributed by atoms with van der Waals surface area (Å²) in [5.74, 6) is 0.457. The van der Waals surface area contributed by atoms with Gasteiger partial charge in [0.1, 0.15) is 17.5 Å². The number of anilines is 4. The van der Waals surface area contributed by atoms with Crippen LogP contribution in [0.3, 0.4) is 0 Å². The van der Waals surface area contributed by atoms with Crippen LogP contribution in [0.1, 0.15) is 18.4 Å². The minimum absolute atomic E-state index is 0.0270. The first-order valence-corrected chi connectivity index (χ1v) is 11.1. The summed E-state index contributed by atoms with van der Waals surface area (Å²) in [6.45, 7) is 0.418. The van der Waals surface area contributed by atoms with Gasteiger partial charge < -0.3 is 11.5 Å². The molecule has 0 amide bonds. The number of hydrogen-bond donors (Lipinski definition) is 2. The van der Waals surface area contributed by atoms with Gasteiger partial charge in [-0.05, 0) is 43.0 Å². The smallest absolute Gasteiger partial charge is 0.269 e. The zero-order valence-electron chi connectivity index (χ0n) is 17.6. The monoisotopic (exact) mass is 493 g/mol. The first kappa shape index (κ1) is 21.9. The lowest BCUT2D eigenvalue weighted by Gasteiger charge is -2.27. The van der Waals surface area contributed by atoms with E-state index in [4.69, 9.17) is 39.7 Å². The maximum Gasteiger partial charge on any atom is 0.269 e. The lowest BCUT2D eigenvalue weighted by molar-refractivity contribution is 0.762. The van der Waals surface area contributed by atoms with Crippen molar-refractivity contribution in [2.75, 3.05) is 22.9 Å². The second-order valence-electron chi connectivity index (χ2n) is 7.85. The number of nitrogen functional groups attached to an aromatic ring is 2. The van der Waals surface area contributed by atoms with Crippen molar-refractivity contribution in [3.05, 3.63) is 62.6 Å². The van der Waals surface area contributed by atoms with E-state index < -0.39 is 5.56 Å². The zero-order chi connectivity index (χ0) is 24.0. The average molecular weight is 494 g/mol. The average Bonchev–Trinajstić information content (AvgIpc) is 3.64. The lowest BCUT2D eigenvalue weighted by atomic mass is 10.2. The molecule has 1 aliphatic rings. The van der Waals surface area contributed by atoms with E-state index in [1.165, 1.54) is 10.8 Å². The first-order chi connectivity index (χ1) is 16.4. The number of nitrogens with two attached hydrogens (primary N) is 2. The molecule has 0 bridgehead atoms. The van der Waals surface area contributed by atoms with Crippen molar-refractivity contribution in [3.63, 3.8) is 0 Å². The zero-order valence-corrected chi connectivity index (χ0v) is 19.1. The number of nitriles is 1. The number of benzene rings is 1. The topological polar surface area (TPSA) is 153 Å². The largest absolute Gasteiger partial charge is 0.382 e. The maximum absolute atomic E-state index is 13.8. The van der Waals surface area contributed by atoms with Crippen molar-refractivity contribution in [1.82, 2.24) is 24.5 Å². The minimum atomic E-state index is -0.449. The Labute approximate surface area is 203 Å². The van der Waals surface area contributed by atoms with E-state index in [-0.39, 0.29) is 50.0 Å². The van der Waals surface area contributed by atoms with Crippen LogP contribution in [0, 0.1) is 17.2 Å². The van der Waals surface area contributed by atoms with Crippen LogP contribution in [0.15, 0.2) is 41.5 Å². The molecule has 1 saturated carbocycles. The van der Waals surface area contributed by atoms with Crippen LogP contribution in [0.4, 0.5) is 23.5 Å². The summed E-state index contributed by atoms with van der Waals surface area (Å²) in [5, 5.41) is 10.4. The molecule has 0 aliphatic heterocycles. The Balaban J connectivity index is 1.90. The van der Waals surface area contributed by atoms with Crippen LogP contribution in [0.25, 0.3) is 16.6 Å². The van der Waals surface area contributed by atoms with Crippen LogP contribution < -0.4 is 21.9 Å². The van der Waals surface area contributed by atoms with Gasteiger partial charge in [-0.15, -0.1) is 0 Å². The van der Waals surface area contributed by atoms with E-state index in [9.17, 15) is 10.1 Å². The predicted octanol–water partition coefficient (Wildman–Crippen LogP) is 3.46. The fraction of sp³-hybridized carbons (Fsp3) is 0.182. The Morgan fingerprint density at radius 3 is 2.59 bits per heavy atom. The van der Waals surface area contributed by atoms with Crippen LogP contribution >= 0.6 is 23.2 Å². The number of hydrogen-bond acceptors (Lipinski definition) is 9. The van der Waals surface area contributed by atoms with Gasteiger partial charge in [0.15, 0.2) is 5.82 Å². The Kier molecular flexibility index (Phi) is 5.43. The summed E-state index contributed by atoms with van der Waals surface area (Å²) in [6, 6.07) is 8.57. The summed E-state index contributed by atoms with van der Waals surface area (Å²) in [4.78, 5) is 32.6. The van der Waals surface area contributed by atoms with Crippen molar-refractivity contribution >= 4 is 57.6 Å². The third-order valence-electron chi connectivity index (χ3n) is 5.49. The molecule has 34 heavy (non-hydrogen) atoms. The normalized spacial score (nSPS) is 13.1. The molecule has 3 aromatic heterocycles. The highest BCUT2D eigenvalue weighted by molar-refractivity contribution is 6.39. The second kappa shape index (κ2) is 8.44. The van der Waals surface area contributed by atoms with Crippen LogP contribution in [0.2, 0.25) is 10.0 Å². The highest BCUT2D eigenvalue weighted by atomic mass is 35.5. The number of fused-ring (bicyclic) bond motifs is 1. The lowest BCUT2D eigenvalue weighted by Crippen LogP contribution is -2.32. The summed E-state index contributed by atoms with van der Waals surface area (Å²) in [6.07, 6.45) is 5.08. The van der Waals surface area contributed by atoms with Gasteiger partial charge in [-0.2, -0.15) is 15.2 Å². The van der Waals surface area contributed by atoms with Crippen LogP contribution in [0.5, 0.6) is 0 Å². The van der Waals surface area contributed by atoms with Crippen molar-refractivity contribution in [3.8, 4) is 11.8 Å². The Bertz CT molecular complexity index is 1530. The van der Waals surface area contributed by atoms with Gasteiger partial charge in [0, 0.05) is 12.7 Å². The van der Waals surface area contributed by atoms with E-state index in [1.54, 1.807) is 35.4 Å². The maximum atomic E-state index is 13.8. The molecule has 0 radical (unpaired) electrons. The fourth-order valence-electron chi connectivity index (χ4n) is 3.71. The predicted molar refractivity (Wildman–Crippen MR) is 130 cm³/mol. The van der Waals surface area contributed by atoms with Crippen LogP contribution in [-0.2, 0) is 0 Å². The van der Waals surface area contributed by atoms with Gasteiger partial charge in [-0.25, -0.2) is 9.55 Å². The summed E-state index contributed by atoms with van der Waals surface area (Å²) >= 11 is 12.8. The molecule has 170 valence electrons. The molecule has 1 aliphatic carbocycles. The molecule has 0 atom stereocenters. The Hall–Kier alpha value is -3.94. The molecule has 4 aromatic rings. The van der Waals surface area contributed by atoms with E-state index in [1.807, 2.05) is 6.07 Å². The molecule has 5 rings (SSSR count). The Morgan fingerprint density at radius 1 is 1.15 bits per heavy atom. The number of rotatable bonds is 5. The fourth-order valence-corrected chi connectivity index (χ4v) is 4.15. The highest BCUT2D eigenvalue weighted by Gasteiger charge is 2.32. The molecule has 0 saturated heterocycles. The number of aromatic nitrogens is 5. The molecule has 1 aromatic carbocycles. The van der Waals surface area contributed by atoms with Crippen LogP contribution in [-0.4, -0.2) is 31.0 Å². The van der Waals surface area contributed by atoms with Gasteiger partial charge in [-0.3, -0.25) is 14.7 Å². The van der Waals surface area contributed by atoms with E-state index in [0.717, 1.165) is 12.8 Å². The molecule has 1 fully saturated rings. The quantitative estimate of drug-likeness (QED) is 0.425. The third kappa shape index (κ3) is 3.75. The van der Waals surface area contributed by atoms with Crippen molar-refractivity contribution in [1.29, 1.82) is 5.26 Å². The third-order valence-corrected chi connectivity index (χ3v) is 6.11. The number of pyridine rings is 1. The minimum Gasteiger partial charge on any atom is -0.382 e. The molecular formula is C22H17Cl2N9O. The SMILES string of the molecule is N#Cc1c(N)nc(N)nc1N(CC1CC1)c1nc2c(Cl)ccc(Cl)c2c(=O)n1-c1cccnc1. The molecule has 4 N–H and O–H groups in total. The highest BCUT2D eigenvalue weighted by Crippen LogP contribution is 2.38. The standard InChI is InChI=1S/C22H17Cl2N9O/c23-14-5-6-15(24)17-16(14)20(34)33(12-2-1-7-28-9-12)22(29-17)32(10-11-3-4-11)19-13(8-25)18(26)30-21(27)31-19/h1-2,5-7,9,11H,3-4,10H2,(H4,26,27,30,31). The molecule has 0 unspecified atom stereocenters. The number of nitrogens with zero attached hydrogens (tertiary/aromatic N) is 7. The van der Waals surface area contributed by atoms with Gasteiger partial charge in [-0.1, -0.05) is 23.2 Å². The molecule has 12 heteroatoms. The summed E-state index contributed by atoms with van der Waals surface area (Å²) in [5.41, 5.74) is 12.1. The Morgan fingerprint density at radius 2 is 1.91 bits per heavy atom. The first-order valence-electron chi connectivity index (χ1n) is 10.3. The second-order valence-corrected chi connectivity index (χ2v) is 8.66. The van der Waals surface area contributed by atoms with Crippen molar-refractivity contribution in [2.24, 2.45) is 5.92 Å². The molecule has 10 nitrogen and oxygen atoms in total. The molecular weight excluding hydrogens is 477 g/mol. The van der Waals surface area contributed by atoms with Gasteiger partial charge in [0.05, 0.1) is 32.8 Å². The van der Waals surface area contributed by atoms with Gasteiger partial charge in [0.2, 0.25) is 11.9 Å². The van der Waals surface area contributed by atoms with E-state index in [2.05, 4.69) is 15.0 Å². The number of halogens is 2. The molecule has 0 spiro atoms. The molecule has 3 heterocycles. The van der Waals surface area contributed by atoms with E-state index in [0.29, 0.717) is 18.2 Å². The van der Waals surface area contributed by atoms with Gasteiger partial charge in [0.25, 0.3) is 5.56 Å². The summed E-state index contributed by atoms with van der Waals surface area (Å²) < 4.78 is 1.37. The van der Waals surface area contributed by atoms with E-state index >= 15 is 0 Å².